The van der Waals surface area contributed by atoms with Crippen LogP contribution in [0.4, 0.5) is 33.3 Å². The fourth-order valence-corrected chi connectivity index (χ4v) is 4.49. The van der Waals surface area contributed by atoms with Gasteiger partial charge in [-0.1, -0.05) is 29.8 Å². The molecule has 3 rings (SSSR count). The Morgan fingerprint density at radius 3 is 2.24 bits per heavy atom. The number of carbonyl (C=O) groups excluding carboxylic acids is 1. The van der Waals surface area contributed by atoms with E-state index >= 15 is 0 Å². The summed E-state index contributed by atoms with van der Waals surface area (Å²) in [6.45, 7) is -1.01. The van der Waals surface area contributed by atoms with Crippen molar-refractivity contribution in [2.24, 2.45) is 0 Å². The molecule has 1 N–H and O–H groups in total. The lowest BCUT2D eigenvalue weighted by Crippen LogP contribution is -2.38. The van der Waals surface area contributed by atoms with Crippen LogP contribution in [0.2, 0.25) is 5.02 Å². The van der Waals surface area contributed by atoms with Gasteiger partial charge in [-0.2, -0.15) is 13.2 Å². The topological polar surface area (TPSA) is 66.5 Å². The molecule has 0 radical (unpaired) electrons. The maximum atomic E-state index is 13.9. The van der Waals surface area contributed by atoms with E-state index in [-0.39, 0.29) is 4.90 Å². The predicted molar refractivity (Wildman–Crippen MR) is 112 cm³/mol. The molecule has 0 atom stereocenters. The zero-order valence-corrected chi connectivity index (χ0v) is 18.0. The van der Waals surface area contributed by atoms with Crippen molar-refractivity contribution in [3.63, 3.8) is 0 Å². The number of amides is 1. The summed E-state index contributed by atoms with van der Waals surface area (Å²) >= 11 is 5.62. The molecular weight excluding hydrogens is 491 g/mol. The smallest absolute Gasteiger partial charge is 0.322 e. The Morgan fingerprint density at radius 1 is 0.970 bits per heavy atom. The molecular formula is C21H14ClF5N2O3S. The van der Waals surface area contributed by atoms with Gasteiger partial charge in [-0.25, -0.2) is 17.2 Å². The number of hydrogen-bond acceptors (Lipinski definition) is 3. The molecule has 0 unspecified atom stereocenters. The maximum Gasteiger partial charge on any atom is 0.417 e. The lowest BCUT2D eigenvalue weighted by molar-refractivity contribution is -0.137. The van der Waals surface area contributed by atoms with Crippen LogP contribution in [0.15, 0.2) is 71.6 Å². The SMILES string of the molecule is O=C(CN(c1ccc(Cl)c(C(F)(F)F)c1)S(=O)(=O)c1ccccc1)Nc1ccc(F)cc1F. The van der Waals surface area contributed by atoms with Gasteiger partial charge in [0.05, 0.1) is 26.9 Å². The van der Waals surface area contributed by atoms with Gasteiger partial charge < -0.3 is 5.32 Å². The van der Waals surface area contributed by atoms with Crippen LogP contribution in [0.1, 0.15) is 5.56 Å². The number of halogens is 6. The third-order valence-electron chi connectivity index (χ3n) is 4.37. The Hall–Kier alpha value is -3.18. The van der Waals surface area contributed by atoms with Crippen LogP contribution in [0.3, 0.4) is 0 Å². The molecule has 0 aliphatic carbocycles. The minimum absolute atomic E-state index is 0.297. The second-order valence-corrected chi connectivity index (χ2v) is 8.93. The summed E-state index contributed by atoms with van der Waals surface area (Å²) in [6, 6.07) is 11.3. The number of rotatable bonds is 6. The van der Waals surface area contributed by atoms with E-state index in [2.05, 4.69) is 5.32 Å². The summed E-state index contributed by atoms with van der Waals surface area (Å²) in [5.41, 5.74) is -2.24. The van der Waals surface area contributed by atoms with Gasteiger partial charge in [0.15, 0.2) is 0 Å². The molecule has 3 aromatic carbocycles. The summed E-state index contributed by atoms with van der Waals surface area (Å²) in [4.78, 5) is 12.2. The van der Waals surface area contributed by atoms with Gasteiger partial charge >= 0.3 is 6.18 Å². The van der Waals surface area contributed by atoms with E-state index in [9.17, 15) is 35.2 Å². The van der Waals surface area contributed by atoms with E-state index in [0.717, 1.165) is 24.3 Å². The summed E-state index contributed by atoms with van der Waals surface area (Å²) in [6.07, 6.45) is -4.89. The number of benzene rings is 3. The standard InChI is InChI=1S/C21H14ClF5N2O3S/c22-17-8-7-14(11-16(17)21(25,26)27)29(33(31,32)15-4-2-1-3-5-15)12-20(30)28-19-9-6-13(23)10-18(19)24/h1-11H,12H2,(H,28,30). The van der Waals surface area contributed by atoms with Crippen LogP contribution in [-0.2, 0) is 21.0 Å². The Bertz CT molecular complexity index is 1280. The zero-order chi connectivity index (χ0) is 24.4. The number of anilines is 2. The lowest BCUT2D eigenvalue weighted by atomic mass is 10.2. The Balaban J connectivity index is 2.04. The molecule has 174 valence electrons. The highest BCUT2D eigenvalue weighted by atomic mass is 35.5. The molecule has 12 heteroatoms. The monoisotopic (exact) mass is 504 g/mol. The molecule has 0 bridgehead atoms. The summed E-state index contributed by atoms with van der Waals surface area (Å²) in [5, 5.41) is 1.42. The van der Waals surface area contributed by atoms with Gasteiger partial charge in [0.1, 0.15) is 18.2 Å². The van der Waals surface area contributed by atoms with E-state index in [1.165, 1.54) is 30.3 Å². The minimum atomic E-state index is -4.89. The first-order valence-electron chi connectivity index (χ1n) is 9.09. The van der Waals surface area contributed by atoms with E-state index in [1.54, 1.807) is 0 Å². The number of carbonyl (C=O) groups is 1. The zero-order valence-electron chi connectivity index (χ0n) is 16.4. The van der Waals surface area contributed by atoms with Crippen molar-refractivity contribution in [1.29, 1.82) is 0 Å². The van der Waals surface area contributed by atoms with Gasteiger partial charge in [-0.3, -0.25) is 9.10 Å². The Kier molecular flexibility index (Phi) is 6.94. The molecule has 0 aromatic heterocycles. The quantitative estimate of drug-likeness (QED) is 0.453. The molecule has 3 aromatic rings. The van der Waals surface area contributed by atoms with Crippen LogP contribution in [-0.4, -0.2) is 20.9 Å². The summed E-state index contributed by atoms with van der Waals surface area (Å²) < 4.78 is 93.8. The van der Waals surface area contributed by atoms with Crippen molar-refractivity contribution >= 4 is 38.9 Å². The van der Waals surface area contributed by atoms with Gasteiger partial charge in [0, 0.05) is 6.07 Å². The van der Waals surface area contributed by atoms with Crippen LogP contribution in [0.25, 0.3) is 0 Å². The molecule has 0 heterocycles. The highest BCUT2D eigenvalue weighted by Crippen LogP contribution is 2.38. The average molecular weight is 505 g/mol. The third-order valence-corrected chi connectivity index (χ3v) is 6.48. The van der Waals surface area contributed by atoms with Crippen LogP contribution in [0.5, 0.6) is 0 Å². The second-order valence-electron chi connectivity index (χ2n) is 6.66. The summed E-state index contributed by atoms with van der Waals surface area (Å²) in [7, 11) is -4.53. The van der Waals surface area contributed by atoms with Crippen molar-refractivity contribution in [2.75, 3.05) is 16.2 Å². The molecule has 0 saturated heterocycles. The largest absolute Gasteiger partial charge is 0.417 e. The summed E-state index contributed by atoms with van der Waals surface area (Å²) in [5.74, 6) is -3.10. The molecule has 0 fully saturated rings. The van der Waals surface area contributed by atoms with Gasteiger partial charge in [-0.05, 0) is 42.5 Å². The van der Waals surface area contributed by atoms with E-state index in [1.807, 2.05) is 0 Å². The Morgan fingerprint density at radius 2 is 1.64 bits per heavy atom. The lowest BCUT2D eigenvalue weighted by Gasteiger charge is -2.25. The molecule has 0 aliphatic heterocycles. The van der Waals surface area contributed by atoms with Crippen LogP contribution >= 0.6 is 11.6 Å². The predicted octanol–water partition coefficient (Wildman–Crippen LogP) is 5.47. The average Bonchev–Trinajstić information content (AvgIpc) is 2.74. The third kappa shape index (κ3) is 5.60. The van der Waals surface area contributed by atoms with E-state index in [0.29, 0.717) is 16.4 Å². The normalized spacial score (nSPS) is 11.8. The van der Waals surface area contributed by atoms with Gasteiger partial charge in [0.25, 0.3) is 10.0 Å². The van der Waals surface area contributed by atoms with Crippen molar-refractivity contribution < 1.29 is 35.2 Å². The molecule has 0 saturated carbocycles. The van der Waals surface area contributed by atoms with Crippen molar-refractivity contribution in [3.8, 4) is 0 Å². The highest BCUT2D eigenvalue weighted by molar-refractivity contribution is 7.92. The fourth-order valence-electron chi connectivity index (χ4n) is 2.83. The number of nitrogens with one attached hydrogen (secondary N) is 1. The number of alkyl halides is 3. The van der Waals surface area contributed by atoms with Crippen molar-refractivity contribution in [2.45, 2.75) is 11.1 Å². The minimum Gasteiger partial charge on any atom is -0.322 e. The first-order chi connectivity index (χ1) is 15.4. The van der Waals surface area contributed by atoms with Crippen molar-refractivity contribution in [3.05, 3.63) is 89.0 Å². The Labute approximate surface area is 190 Å². The highest BCUT2D eigenvalue weighted by Gasteiger charge is 2.35. The first-order valence-corrected chi connectivity index (χ1v) is 10.9. The number of nitrogens with zero attached hydrogens (tertiary/aromatic N) is 1. The van der Waals surface area contributed by atoms with Gasteiger partial charge in [0.2, 0.25) is 5.91 Å². The molecule has 0 aliphatic rings. The number of hydrogen-bond donors (Lipinski definition) is 1. The molecule has 33 heavy (non-hydrogen) atoms. The second kappa shape index (κ2) is 9.36. The fraction of sp³-hybridized carbons (Fsp3) is 0.0952. The molecule has 1 amide bonds. The van der Waals surface area contributed by atoms with Crippen LogP contribution < -0.4 is 9.62 Å². The number of sulfonamides is 1. The maximum absolute atomic E-state index is 13.9. The van der Waals surface area contributed by atoms with Crippen molar-refractivity contribution in [1.82, 2.24) is 0 Å². The first kappa shape index (κ1) is 24.5. The van der Waals surface area contributed by atoms with Crippen LogP contribution in [0, 0.1) is 11.6 Å². The van der Waals surface area contributed by atoms with E-state index in [4.69, 9.17) is 11.6 Å². The van der Waals surface area contributed by atoms with Gasteiger partial charge in [-0.15, -0.1) is 0 Å². The molecule has 0 spiro atoms. The molecule has 5 nitrogen and oxygen atoms in total. The van der Waals surface area contributed by atoms with E-state index < -0.39 is 62.2 Å².